The molecule has 0 saturated carbocycles. The van der Waals surface area contributed by atoms with Crippen molar-refractivity contribution in [3.63, 3.8) is 0 Å². The molecule has 0 unspecified atom stereocenters. The average molecular weight is 297 g/mol. The van der Waals surface area contributed by atoms with E-state index in [1.165, 1.54) is 0 Å². The van der Waals surface area contributed by atoms with Gasteiger partial charge < -0.3 is 20.6 Å². The zero-order valence-corrected chi connectivity index (χ0v) is 11.7. The Hall–Kier alpha value is -3.00. The SMILES string of the molecule is N=NN=C(N)c1ccc2c(c1)nc(NCCO)c1cccn12. The second-order valence-electron chi connectivity index (χ2n) is 4.66. The van der Waals surface area contributed by atoms with Crippen LogP contribution in [0.1, 0.15) is 5.56 Å². The summed E-state index contributed by atoms with van der Waals surface area (Å²) in [5.74, 6) is 0.848. The Morgan fingerprint density at radius 2 is 2.23 bits per heavy atom. The lowest BCUT2D eigenvalue weighted by atomic mass is 10.1. The molecule has 3 rings (SSSR count). The molecule has 0 bridgehead atoms. The number of hydrogen-bond acceptors (Lipinski definition) is 5. The zero-order valence-electron chi connectivity index (χ0n) is 11.7. The van der Waals surface area contributed by atoms with Crippen LogP contribution in [0, 0.1) is 5.53 Å². The fraction of sp³-hybridized carbons (Fsp3) is 0.143. The minimum absolute atomic E-state index is 0.0250. The Morgan fingerprint density at radius 3 is 3.00 bits per heavy atom. The van der Waals surface area contributed by atoms with E-state index in [-0.39, 0.29) is 12.4 Å². The molecule has 112 valence electrons. The average Bonchev–Trinajstić information content (AvgIpc) is 3.02. The summed E-state index contributed by atoms with van der Waals surface area (Å²) in [4.78, 5) is 4.59. The summed E-state index contributed by atoms with van der Waals surface area (Å²) in [7, 11) is 0. The van der Waals surface area contributed by atoms with Gasteiger partial charge in [0.25, 0.3) is 0 Å². The third-order valence-corrected chi connectivity index (χ3v) is 3.32. The van der Waals surface area contributed by atoms with Crippen molar-refractivity contribution in [1.29, 1.82) is 5.53 Å². The van der Waals surface area contributed by atoms with Gasteiger partial charge in [0.05, 0.1) is 23.2 Å². The number of amidine groups is 1. The summed E-state index contributed by atoms with van der Waals surface area (Å²) in [5.41, 5.74) is 15.7. The predicted octanol–water partition coefficient (Wildman–Crippen LogP) is 1.54. The number of benzene rings is 1. The van der Waals surface area contributed by atoms with Crippen LogP contribution in [0.2, 0.25) is 0 Å². The molecule has 22 heavy (non-hydrogen) atoms. The molecule has 0 aliphatic rings. The van der Waals surface area contributed by atoms with Crippen molar-refractivity contribution in [3.8, 4) is 0 Å². The molecular formula is C14H15N7O. The van der Waals surface area contributed by atoms with Crippen LogP contribution >= 0.6 is 0 Å². The quantitative estimate of drug-likeness (QED) is 0.247. The second-order valence-corrected chi connectivity index (χ2v) is 4.66. The fourth-order valence-electron chi connectivity index (χ4n) is 2.35. The zero-order chi connectivity index (χ0) is 15.5. The minimum Gasteiger partial charge on any atom is -0.395 e. The number of aliphatic hydroxyl groups is 1. The minimum atomic E-state index is 0.0250. The summed E-state index contributed by atoms with van der Waals surface area (Å²) >= 11 is 0. The summed E-state index contributed by atoms with van der Waals surface area (Å²) in [6, 6.07) is 9.39. The lowest BCUT2D eigenvalue weighted by molar-refractivity contribution is 0.311. The lowest BCUT2D eigenvalue weighted by Gasteiger charge is -2.10. The first-order chi connectivity index (χ1) is 10.7. The normalized spacial score (nSPS) is 12.0. The molecule has 0 spiro atoms. The van der Waals surface area contributed by atoms with Crippen LogP contribution in [0.25, 0.3) is 16.6 Å². The number of aliphatic hydroxyl groups excluding tert-OH is 1. The fourth-order valence-corrected chi connectivity index (χ4v) is 2.35. The third kappa shape index (κ3) is 2.35. The molecule has 8 heteroatoms. The Balaban J connectivity index is 2.21. The number of nitrogens with zero attached hydrogens (tertiary/aromatic N) is 4. The van der Waals surface area contributed by atoms with Gasteiger partial charge in [-0.2, -0.15) is 5.53 Å². The van der Waals surface area contributed by atoms with Gasteiger partial charge in [0.1, 0.15) is 0 Å². The molecular weight excluding hydrogens is 282 g/mol. The summed E-state index contributed by atoms with van der Waals surface area (Å²) < 4.78 is 2.01. The van der Waals surface area contributed by atoms with Crippen LogP contribution in [0.5, 0.6) is 0 Å². The molecule has 3 aromatic rings. The van der Waals surface area contributed by atoms with E-state index >= 15 is 0 Å². The number of rotatable bonds is 5. The molecule has 0 saturated heterocycles. The topological polar surface area (TPSA) is 124 Å². The summed E-state index contributed by atoms with van der Waals surface area (Å²) in [5, 5.41) is 18.5. The summed E-state index contributed by atoms with van der Waals surface area (Å²) in [6.07, 6.45) is 1.94. The standard InChI is InChI=1S/C14H15N7O/c15-13(19-20-16)9-3-4-11-10(8-9)18-14(17-5-7-22)12-2-1-6-21(11)12/h1-4,6,8,22H,5,7H2,(H,17,18)(H3,15,16,19). The third-order valence-electron chi connectivity index (χ3n) is 3.32. The van der Waals surface area contributed by atoms with E-state index in [2.05, 4.69) is 20.6 Å². The van der Waals surface area contributed by atoms with Crippen LogP contribution in [0.4, 0.5) is 5.82 Å². The lowest BCUT2D eigenvalue weighted by Crippen LogP contribution is -2.13. The molecule has 0 aliphatic heterocycles. The van der Waals surface area contributed by atoms with Crippen molar-refractivity contribution in [3.05, 3.63) is 42.1 Å². The second kappa shape index (κ2) is 5.78. The van der Waals surface area contributed by atoms with Gasteiger partial charge in [-0.25, -0.2) is 4.98 Å². The predicted molar refractivity (Wildman–Crippen MR) is 84.1 cm³/mol. The van der Waals surface area contributed by atoms with Crippen LogP contribution in [0.3, 0.4) is 0 Å². The number of hydrogen-bond donors (Lipinski definition) is 4. The van der Waals surface area contributed by atoms with E-state index in [0.717, 1.165) is 16.6 Å². The highest BCUT2D eigenvalue weighted by Crippen LogP contribution is 2.23. The van der Waals surface area contributed by atoms with Gasteiger partial charge in [-0.05, 0) is 30.3 Å². The largest absolute Gasteiger partial charge is 0.395 e. The van der Waals surface area contributed by atoms with Crippen molar-refractivity contribution in [1.82, 2.24) is 9.38 Å². The highest BCUT2D eigenvalue weighted by atomic mass is 16.3. The van der Waals surface area contributed by atoms with Gasteiger partial charge >= 0.3 is 0 Å². The maximum Gasteiger partial charge on any atom is 0.155 e. The monoisotopic (exact) mass is 297 g/mol. The van der Waals surface area contributed by atoms with Crippen molar-refractivity contribution >= 4 is 28.2 Å². The van der Waals surface area contributed by atoms with Gasteiger partial charge in [-0.15, -0.1) is 5.10 Å². The first-order valence-corrected chi connectivity index (χ1v) is 6.70. The molecule has 0 amide bonds. The van der Waals surface area contributed by atoms with E-state index < -0.39 is 0 Å². The molecule has 2 heterocycles. The molecule has 8 nitrogen and oxygen atoms in total. The van der Waals surface area contributed by atoms with Crippen LogP contribution in [0.15, 0.2) is 46.9 Å². The van der Waals surface area contributed by atoms with E-state index in [1.54, 1.807) is 6.07 Å². The Labute approximate surface area is 125 Å². The van der Waals surface area contributed by atoms with E-state index in [4.69, 9.17) is 16.4 Å². The molecule has 0 radical (unpaired) electrons. The first kappa shape index (κ1) is 14.0. The highest BCUT2D eigenvalue weighted by Gasteiger charge is 2.09. The molecule has 2 aromatic heterocycles. The number of nitrogens with two attached hydrogens (primary N) is 1. The molecule has 0 aliphatic carbocycles. The van der Waals surface area contributed by atoms with Gasteiger partial charge in [0.15, 0.2) is 11.7 Å². The van der Waals surface area contributed by atoms with Crippen molar-refractivity contribution in [2.45, 2.75) is 0 Å². The van der Waals surface area contributed by atoms with Gasteiger partial charge in [-0.1, -0.05) is 5.22 Å². The smallest absolute Gasteiger partial charge is 0.155 e. The van der Waals surface area contributed by atoms with E-state index in [0.29, 0.717) is 17.9 Å². The van der Waals surface area contributed by atoms with Gasteiger partial charge in [0.2, 0.25) is 0 Å². The van der Waals surface area contributed by atoms with E-state index in [1.807, 2.05) is 34.9 Å². The maximum absolute atomic E-state index is 8.98. The number of fused-ring (bicyclic) bond motifs is 3. The Kier molecular flexibility index (Phi) is 3.67. The molecule has 1 aromatic carbocycles. The van der Waals surface area contributed by atoms with Gasteiger partial charge in [-0.3, -0.25) is 0 Å². The van der Waals surface area contributed by atoms with Crippen molar-refractivity contribution in [2.75, 3.05) is 18.5 Å². The maximum atomic E-state index is 8.98. The van der Waals surface area contributed by atoms with Crippen molar-refractivity contribution in [2.24, 2.45) is 16.1 Å². The first-order valence-electron chi connectivity index (χ1n) is 6.70. The Morgan fingerprint density at radius 1 is 1.36 bits per heavy atom. The van der Waals surface area contributed by atoms with Crippen LogP contribution < -0.4 is 11.1 Å². The highest BCUT2D eigenvalue weighted by molar-refractivity contribution is 6.00. The van der Waals surface area contributed by atoms with Crippen molar-refractivity contribution < 1.29 is 5.11 Å². The van der Waals surface area contributed by atoms with Crippen LogP contribution in [-0.4, -0.2) is 33.5 Å². The van der Waals surface area contributed by atoms with Gasteiger partial charge in [0, 0.05) is 18.3 Å². The Bertz CT molecular complexity index is 868. The van der Waals surface area contributed by atoms with E-state index in [9.17, 15) is 0 Å². The molecule has 0 fully saturated rings. The summed E-state index contributed by atoms with van der Waals surface area (Å²) in [6.45, 7) is 0.442. The molecule has 0 atom stereocenters. The van der Waals surface area contributed by atoms with Crippen LogP contribution in [-0.2, 0) is 0 Å². The molecule has 5 N–H and O–H groups in total. The number of nitrogens with one attached hydrogen (secondary N) is 2. The number of aromatic nitrogens is 2. The number of anilines is 1.